The van der Waals surface area contributed by atoms with Gasteiger partial charge in [-0.05, 0) is 50.3 Å². The quantitative estimate of drug-likeness (QED) is 0.823. The van der Waals surface area contributed by atoms with Gasteiger partial charge in [0.2, 0.25) is 0 Å². The molecule has 0 amide bonds. The zero-order chi connectivity index (χ0) is 10.9. The summed E-state index contributed by atoms with van der Waals surface area (Å²) in [6, 6.07) is 6.02. The van der Waals surface area contributed by atoms with Gasteiger partial charge in [-0.2, -0.15) is 0 Å². The average Bonchev–Trinajstić information content (AvgIpc) is 2.17. The lowest BCUT2D eigenvalue weighted by Crippen LogP contribution is -2.42. The maximum atomic E-state index is 9.91. The topological polar surface area (TPSA) is 29.5 Å². The first-order valence-corrected chi connectivity index (χ1v) is 5.52. The second-order valence-electron chi connectivity index (χ2n) is 4.56. The fourth-order valence-corrected chi connectivity index (χ4v) is 1.82. The second kappa shape index (κ2) is 3.86. The fourth-order valence-electron chi connectivity index (χ4n) is 1.82. The molecular formula is C13H18O2. The summed E-state index contributed by atoms with van der Waals surface area (Å²) in [4.78, 5) is 0. The third-order valence-electron chi connectivity index (χ3n) is 3.34. The first-order chi connectivity index (χ1) is 7.11. The molecule has 1 aromatic rings. The lowest BCUT2D eigenvalue weighted by molar-refractivity contribution is -0.0664. The number of hydrogen-bond acceptors (Lipinski definition) is 2. The molecule has 0 spiro atoms. The van der Waals surface area contributed by atoms with E-state index in [0.29, 0.717) is 6.61 Å². The summed E-state index contributed by atoms with van der Waals surface area (Å²) < 4.78 is 5.67. The van der Waals surface area contributed by atoms with Crippen LogP contribution >= 0.6 is 0 Å². The van der Waals surface area contributed by atoms with Gasteiger partial charge in [-0.15, -0.1) is 0 Å². The molecule has 0 aliphatic heterocycles. The highest BCUT2D eigenvalue weighted by Gasteiger charge is 2.35. The molecule has 2 rings (SSSR count). The number of hydrogen-bond donors (Lipinski definition) is 1. The van der Waals surface area contributed by atoms with E-state index in [9.17, 15) is 5.11 Å². The predicted octanol–water partition coefficient (Wildman–Crippen LogP) is 2.60. The summed E-state index contributed by atoms with van der Waals surface area (Å²) in [5.41, 5.74) is 1.84. The molecule has 0 saturated heterocycles. The van der Waals surface area contributed by atoms with Crippen LogP contribution in [0.25, 0.3) is 0 Å². The van der Waals surface area contributed by atoms with Gasteiger partial charge in [0.25, 0.3) is 0 Å². The minimum atomic E-state index is -0.559. The Hall–Kier alpha value is -1.02. The third-order valence-corrected chi connectivity index (χ3v) is 3.34. The Labute approximate surface area is 90.9 Å². The smallest absolute Gasteiger partial charge is 0.122 e. The molecule has 0 radical (unpaired) electrons. The van der Waals surface area contributed by atoms with E-state index < -0.39 is 5.60 Å². The molecule has 2 nitrogen and oxygen atoms in total. The lowest BCUT2D eigenvalue weighted by atomic mass is 9.81. The van der Waals surface area contributed by atoms with Crippen molar-refractivity contribution in [1.82, 2.24) is 0 Å². The largest absolute Gasteiger partial charge is 0.490 e. The van der Waals surface area contributed by atoms with Gasteiger partial charge < -0.3 is 9.84 Å². The van der Waals surface area contributed by atoms with Gasteiger partial charge >= 0.3 is 0 Å². The highest BCUT2D eigenvalue weighted by Crippen LogP contribution is 2.32. The fraction of sp³-hybridized carbons (Fsp3) is 0.538. The van der Waals surface area contributed by atoms with Crippen LogP contribution in [0.3, 0.4) is 0 Å². The van der Waals surface area contributed by atoms with Crippen LogP contribution in [0.4, 0.5) is 0 Å². The van der Waals surface area contributed by atoms with Gasteiger partial charge in [-0.25, -0.2) is 0 Å². The van der Waals surface area contributed by atoms with E-state index in [1.807, 2.05) is 12.1 Å². The van der Waals surface area contributed by atoms with Crippen molar-refractivity contribution in [2.24, 2.45) is 0 Å². The summed E-state index contributed by atoms with van der Waals surface area (Å²) in [6.45, 7) is 4.55. The molecule has 0 unspecified atom stereocenters. The van der Waals surface area contributed by atoms with Crippen molar-refractivity contribution in [3.05, 3.63) is 29.3 Å². The normalized spacial score (nSPS) is 18.3. The van der Waals surface area contributed by atoms with Crippen LogP contribution in [0.2, 0.25) is 0 Å². The molecule has 1 aromatic carbocycles. The Morgan fingerprint density at radius 2 is 2.07 bits per heavy atom. The summed E-state index contributed by atoms with van der Waals surface area (Å²) in [7, 11) is 0. The standard InChI is InChI=1S/C13H18O2/c1-10-5-3-6-12(11(10)2)15-9-13(14)7-4-8-13/h3,5-6,14H,4,7-9H2,1-2H3. The van der Waals surface area contributed by atoms with Crippen LogP contribution in [-0.2, 0) is 0 Å². The van der Waals surface area contributed by atoms with Crippen molar-refractivity contribution in [1.29, 1.82) is 0 Å². The Morgan fingerprint density at radius 3 is 2.67 bits per heavy atom. The van der Waals surface area contributed by atoms with Crippen LogP contribution in [0.15, 0.2) is 18.2 Å². The molecule has 2 heteroatoms. The SMILES string of the molecule is Cc1cccc(OCC2(O)CCC2)c1C. The summed E-state index contributed by atoms with van der Waals surface area (Å²) >= 11 is 0. The number of benzene rings is 1. The van der Waals surface area contributed by atoms with Crippen LogP contribution in [0.5, 0.6) is 5.75 Å². The Kier molecular flexibility index (Phi) is 2.70. The summed E-state index contributed by atoms with van der Waals surface area (Å²) in [5, 5.41) is 9.91. The molecular weight excluding hydrogens is 188 g/mol. The lowest BCUT2D eigenvalue weighted by Gasteiger charge is -2.36. The molecule has 1 fully saturated rings. The van der Waals surface area contributed by atoms with Gasteiger partial charge in [0, 0.05) is 0 Å². The Balaban J connectivity index is 2.01. The van der Waals surface area contributed by atoms with Crippen LogP contribution in [0.1, 0.15) is 30.4 Å². The number of aliphatic hydroxyl groups is 1. The molecule has 82 valence electrons. The van der Waals surface area contributed by atoms with Crippen molar-refractivity contribution < 1.29 is 9.84 Å². The molecule has 0 atom stereocenters. The van der Waals surface area contributed by atoms with Crippen LogP contribution in [0, 0.1) is 13.8 Å². The summed E-state index contributed by atoms with van der Waals surface area (Å²) in [5.74, 6) is 0.898. The maximum absolute atomic E-state index is 9.91. The average molecular weight is 206 g/mol. The number of aryl methyl sites for hydroxylation is 1. The van der Waals surface area contributed by atoms with E-state index >= 15 is 0 Å². The highest BCUT2D eigenvalue weighted by molar-refractivity contribution is 5.38. The zero-order valence-corrected chi connectivity index (χ0v) is 9.42. The monoisotopic (exact) mass is 206 g/mol. The van der Waals surface area contributed by atoms with Gasteiger partial charge in [0.05, 0.1) is 5.60 Å². The Morgan fingerprint density at radius 1 is 1.33 bits per heavy atom. The second-order valence-corrected chi connectivity index (χ2v) is 4.56. The van der Waals surface area contributed by atoms with Crippen molar-refractivity contribution >= 4 is 0 Å². The van der Waals surface area contributed by atoms with Crippen LogP contribution < -0.4 is 4.74 Å². The van der Waals surface area contributed by atoms with Gasteiger partial charge in [0.1, 0.15) is 12.4 Å². The van der Waals surface area contributed by atoms with E-state index in [-0.39, 0.29) is 0 Å². The zero-order valence-electron chi connectivity index (χ0n) is 9.42. The molecule has 0 aromatic heterocycles. The molecule has 0 heterocycles. The molecule has 1 saturated carbocycles. The first kappa shape index (κ1) is 10.5. The van der Waals surface area contributed by atoms with Crippen LogP contribution in [-0.4, -0.2) is 17.3 Å². The van der Waals surface area contributed by atoms with Crippen molar-refractivity contribution in [3.63, 3.8) is 0 Å². The first-order valence-electron chi connectivity index (χ1n) is 5.52. The predicted molar refractivity (Wildman–Crippen MR) is 60.2 cm³/mol. The molecule has 1 aliphatic carbocycles. The molecule has 15 heavy (non-hydrogen) atoms. The Bertz CT molecular complexity index is 354. The number of ether oxygens (including phenoxy) is 1. The van der Waals surface area contributed by atoms with E-state index in [1.165, 1.54) is 11.1 Å². The van der Waals surface area contributed by atoms with E-state index in [2.05, 4.69) is 19.9 Å². The van der Waals surface area contributed by atoms with Crippen molar-refractivity contribution in [2.75, 3.05) is 6.61 Å². The van der Waals surface area contributed by atoms with Gasteiger partial charge in [-0.1, -0.05) is 12.1 Å². The number of rotatable bonds is 3. The summed E-state index contributed by atoms with van der Waals surface area (Å²) in [6.07, 6.45) is 2.86. The molecule has 1 aliphatic rings. The van der Waals surface area contributed by atoms with Gasteiger partial charge in [0.15, 0.2) is 0 Å². The van der Waals surface area contributed by atoms with E-state index in [4.69, 9.17) is 4.74 Å². The van der Waals surface area contributed by atoms with E-state index in [0.717, 1.165) is 25.0 Å². The minimum absolute atomic E-state index is 0.428. The third kappa shape index (κ3) is 2.15. The maximum Gasteiger partial charge on any atom is 0.122 e. The molecule has 1 N–H and O–H groups in total. The molecule has 0 bridgehead atoms. The highest BCUT2D eigenvalue weighted by atomic mass is 16.5. The van der Waals surface area contributed by atoms with Crippen molar-refractivity contribution in [2.45, 2.75) is 38.7 Å². The minimum Gasteiger partial charge on any atom is -0.490 e. The van der Waals surface area contributed by atoms with Gasteiger partial charge in [-0.3, -0.25) is 0 Å². The van der Waals surface area contributed by atoms with Crippen molar-refractivity contribution in [3.8, 4) is 5.75 Å². The van der Waals surface area contributed by atoms with E-state index in [1.54, 1.807) is 0 Å².